The van der Waals surface area contributed by atoms with Gasteiger partial charge in [0.05, 0.1) is 25.4 Å². The topological polar surface area (TPSA) is 149 Å². The Morgan fingerprint density at radius 1 is 0.479 bits per heavy atom. The van der Waals surface area contributed by atoms with E-state index < -0.39 is 49.5 Å². The summed E-state index contributed by atoms with van der Waals surface area (Å²) in [5, 5.41) is 54.5. The Balaban J connectivity index is 2.24. The highest BCUT2D eigenvalue weighted by atomic mass is 16.7. The van der Waals surface area contributed by atoms with Crippen molar-refractivity contribution in [2.75, 3.05) is 13.2 Å². The second-order valence-electron chi connectivity index (χ2n) is 20.0. The minimum atomic E-state index is -1.58. The molecule has 1 amide bonds. The second kappa shape index (κ2) is 52.3. The third kappa shape index (κ3) is 41.7. The average Bonchev–Trinajstić information content (AvgIpc) is 3.39. The molecule has 73 heavy (non-hydrogen) atoms. The van der Waals surface area contributed by atoms with Gasteiger partial charge in [-0.1, -0.05) is 245 Å². The van der Waals surface area contributed by atoms with Crippen molar-refractivity contribution in [3.8, 4) is 0 Å². The number of hydrogen-bond acceptors (Lipinski definition) is 8. The van der Waals surface area contributed by atoms with Crippen LogP contribution in [0, 0.1) is 0 Å². The second-order valence-corrected chi connectivity index (χ2v) is 20.0. The maximum Gasteiger partial charge on any atom is 0.220 e. The summed E-state index contributed by atoms with van der Waals surface area (Å²) in [7, 11) is 0. The number of hydrogen-bond donors (Lipinski definition) is 6. The van der Waals surface area contributed by atoms with Crippen molar-refractivity contribution in [3.63, 3.8) is 0 Å². The van der Waals surface area contributed by atoms with E-state index in [0.717, 1.165) is 96.3 Å². The highest BCUT2D eigenvalue weighted by molar-refractivity contribution is 5.76. The van der Waals surface area contributed by atoms with E-state index in [1.807, 2.05) is 6.08 Å². The number of nitrogens with one attached hydrogen (secondary N) is 1. The Labute approximate surface area is 446 Å². The van der Waals surface area contributed by atoms with Crippen LogP contribution in [0.3, 0.4) is 0 Å². The molecule has 9 heteroatoms. The number of carbonyl (C=O) groups excluding carboxylic acids is 1. The van der Waals surface area contributed by atoms with Crippen LogP contribution >= 0.6 is 0 Å². The predicted octanol–water partition coefficient (Wildman–Crippen LogP) is 15.0. The van der Waals surface area contributed by atoms with Gasteiger partial charge < -0.3 is 40.3 Å². The monoisotopic (exact) mass is 1020 g/mol. The first kappa shape index (κ1) is 67.9. The summed E-state index contributed by atoms with van der Waals surface area (Å²) in [6.07, 6.45) is 70.1. The van der Waals surface area contributed by atoms with Crippen LogP contribution in [0.25, 0.3) is 0 Å². The molecule has 9 nitrogen and oxygen atoms in total. The number of aliphatic hydroxyl groups is 5. The van der Waals surface area contributed by atoms with E-state index >= 15 is 0 Å². The van der Waals surface area contributed by atoms with E-state index in [4.69, 9.17) is 9.47 Å². The van der Waals surface area contributed by atoms with Crippen LogP contribution in [0.5, 0.6) is 0 Å². The summed E-state index contributed by atoms with van der Waals surface area (Å²) in [6, 6.07) is -0.833. The zero-order valence-electron chi connectivity index (χ0n) is 46.4. The van der Waals surface area contributed by atoms with Crippen LogP contribution < -0.4 is 5.32 Å². The lowest BCUT2D eigenvalue weighted by molar-refractivity contribution is -0.302. The molecule has 1 saturated heterocycles. The summed E-state index contributed by atoms with van der Waals surface area (Å²) in [5.41, 5.74) is 0. The molecular formula is C64H109NO8. The molecule has 7 atom stereocenters. The summed E-state index contributed by atoms with van der Waals surface area (Å²) in [4.78, 5) is 13.1. The molecule has 7 unspecified atom stereocenters. The molecule has 6 N–H and O–H groups in total. The number of carbonyl (C=O) groups is 1. The van der Waals surface area contributed by atoms with Crippen LogP contribution in [0.1, 0.15) is 232 Å². The van der Waals surface area contributed by atoms with Crippen LogP contribution in [0.4, 0.5) is 0 Å². The van der Waals surface area contributed by atoms with E-state index in [9.17, 15) is 30.3 Å². The van der Waals surface area contributed by atoms with Gasteiger partial charge in [0.1, 0.15) is 24.4 Å². The van der Waals surface area contributed by atoms with E-state index in [1.54, 1.807) is 6.08 Å². The molecule has 1 fully saturated rings. The fourth-order valence-corrected chi connectivity index (χ4v) is 8.68. The molecule has 0 radical (unpaired) electrons. The Morgan fingerprint density at radius 3 is 1.32 bits per heavy atom. The molecule has 0 aromatic heterocycles. The van der Waals surface area contributed by atoms with E-state index in [2.05, 4.69) is 116 Å². The SMILES string of the molecule is CC/C=C\C/C=C\C/C=C\C/C=C\C/C=C\C/C=C\C/C=C\CCCCCCCCCCCC(=O)NC(COC1OC(CO)C(O)C(O)C1O)C(O)/C=C/CC/C=C/CCCCCCCCCCCCCCC. The first-order valence-corrected chi connectivity index (χ1v) is 29.6. The maximum atomic E-state index is 13.1. The zero-order chi connectivity index (χ0) is 52.9. The van der Waals surface area contributed by atoms with Gasteiger partial charge in [-0.3, -0.25) is 4.79 Å². The first-order chi connectivity index (χ1) is 35.8. The molecule has 1 aliphatic heterocycles. The lowest BCUT2D eigenvalue weighted by Crippen LogP contribution is -2.60. The summed E-state index contributed by atoms with van der Waals surface area (Å²) in [5.74, 6) is -0.197. The van der Waals surface area contributed by atoms with Gasteiger partial charge in [0.2, 0.25) is 5.91 Å². The van der Waals surface area contributed by atoms with Gasteiger partial charge >= 0.3 is 0 Å². The predicted molar refractivity (Wildman–Crippen MR) is 308 cm³/mol. The van der Waals surface area contributed by atoms with Gasteiger partial charge in [-0.15, -0.1) is 0 Å². The Morgan fingerprint density at radius 2 is 0.863 bits per heavy atom. The Hall–Kier alpha value is -3.15. The van der Waals surface area contributed by atoms with Crippen LogP contribution in [0.15, 0.2) is 109 Å². The van der Waals surface area contributed by atoms with E-state index in [1.165, 1.54) is 116 Å². The molecule has 0 aromatic rings. The highest BCUT2D eigenvalue weighted by Gasteiger charge is 2.44. The number of unbranched alkanes of at least 4 members (excludes halogenated alkanes) is 23. The standard InChI is InChI=1S/C64H109NO8/c1-3-5-7-9-11-13-15-17-19-21-23-24-25-26-27-28-29-30-31-32-33-34-36-38-40-42-44-46-48-50-52-54-60(68)65-57(56-72-64-63(71)62(70)61(69)59(55-66)73-64)58(67)53-51-49-47-45-43-41-39-37-35-22-20-18-16-14-12-10-8-6-4-2/h5,7,11,13,17,19,23-24,26-27,29-30,32-33,43,45,51,53,57-59,61-64,66-67,69-71H,3-4,6,8-10,12,14-16,18,20-22,25,28,31,34-42,44,46-50,52,54-56H2,1-2H3,(H,65,68)/b7-5-,13-11-,19-17-,24-23-,27-26-,30-29-,33-32-,45-43+,53-51+. The number of ether oxygens (including phenoxy) is 2. The lowest BCUT2D eigenvalue weighted by atomic mass is 9.99. The third-order valence-corrected chi connectivity index (χ3v) is 13.3. The number of aliphatic hydroxyl groups excluding tert-OH is 5. The van der Waals surface area contributed by atoms with Crippen molar-refractivity contribution >= 4 is 5.91 Å². The number of allylic oxidation sites excluding steroid dienone is 17. The van der Waals surface area contributed by atoms with Crippen LogP contribution in [-0.2, 0) is 14.3 Å². The van der Waals surface area contributed by atoms with Gasteiger partial charge in [0.15, 0.2) is 6.29 Å². The normalized spacial score (nSPS) is 19.9. The maximum absolute atomic E-state index is 13.1. The number of amides is 1. The van der Waals surface area contributed by atoms with Crippen molar-refractivity contribution in [2.45, 2.75) is 275 Å². The van der Waals surface area contributed by atoms with Crippen molar-refractivity contribution in [2.24, 2.45) is 0 Å². The van der Waals surface area contributed by atoms with Crippen LogP contribution in [-0.4, -0.2) is 87.5 Å². The molecule has 0 aliphatic carbocycles. The number of rotatable bonds is 49. The van der Waals surface area contributed by atoms with Crippen molar-refractivity contribution < 1.29 is 39.8 Å². The fraction of sp³-hybridized carbons (Fsp3) is 0.703. The fourth-order valence-electron chi connectivity index (χ4n) is 8.68. The Bertz CT molecular complexity index is 1510. The molecule has 418 valence electrons. The van der Waals surface area contributed by atoms with Crippen molar-refractivity contribution in [1.29, 1.82) is 0 Å². The van der Waals surface area contributed by atoms with Gasteiger partial charge in [-0.25, -0.2) is 0 Å². The average molecular weight is 1020 g/mol. The molecule has 0 bridgehead atoms. The minimum Gasteiger partial charge on any atom is -0.394 e. The largest absolute Gasteiger partial charge is 0.394 e. The minimum absolute atomic E-state index is 0.197. The van der Waals surface area contributed by atoms with Gasteiger partial charge in [0.25, 0.3) is 0 Å². The van der Waals surface area contributed by atoms with Gasteiger partial charge in [0, 0.05) is 6.42 Å². The lowest BCUT2D eigenvalue weighted by Gasteiger charge is -2.40. The molecule has 0 aromatic carbocycles. The summed E-state index contributed by atoms with van der Waals surface area (Å²) in [6.45, 7) is 3.65. The highest BCUT2D eigenvalue weighted by Crippen LogP contribution is 2.23. The van der Waals surface area contributed by atoms with Gasteiger partial charge in [-0.05, 0) is 89.9 Å². The Kier molecular flexibility index (Phi) is 48.6. The van der Waals surface area contributed by atoms with Crippen molar-refractivity contribution in [3.05, 3.63) is 109 Å². The summed E-state index contributed by atoms with van der Waals surface area (Å²) >= 11 is 0. The molecule has 1 rings (SSSR count). The smallest absolute Gasteiger partial charge is 0.220 e. The third-order valence-electron chi connectivity index (χ3n) is 13.3. The molecule has 0 saturated carbocycles. The first-order valence-electron chi connectivity index (χ1n) is 29.6. The van der Waals surface area contributed by atoms with E-state index in [-0.39, 0.29) is 12.5 Å². The molecule has 0 spiro atoms. The van der Waals surface area contributed by atoms with Crippen LogP contribution in [0.2, 0.25) is 0 Å². The van der Waals surface area contributed by atoms with Gasteiger partial charge in [-0.2, -0.15) is 0 Å². The van der Waals surface area contributed by atoms with Crippen molar-refractivity contribution in [1.82, 2.24) is 5.32 Å². The quantitative estimate of drug-likeness (QED) is 0.0261. The summed E-state index contributed by atoms with van der Waals surface area (Å²) < 4.78 is 11.3. The van der Waals surface area contributed by atoms with E-state index in [0.29, 0.717) is 6.42 Å². The molecular weight excluding hydrogens is 911 g/mol. The molecule has 1 heterocycles. The molecule has 1 aliphatic rings. The zero-order valence-corrected chi connectivity index (χ0v) is 46.4.